The quantitative estimate of drug-likeness (QED) is 0.842. The van der Waals surface area contributed by atoms with Gasteiger partial charge in [0.25, 0.3) is 0 Å². The second-order valence-corrected chi connectivity index (χ2v) is 5.82. The van der Waals surface area contributed by atoms with E-state index in [1.54, 1.807) is 6.92 Å². The van der Waals surface area contributed by atoms with Gasteiger partial charge in [-0.3, -0.25) is 9.59 Å². The van der Waals surface area contributed by atoms with Gasteiger partial charge in [0.2, 0.25) is 11.8 Å². The van der Waals surface area contributed by atoms with Crippen LogP contribution in [0.2, 0.25) is 0 Å². The molecule has 2 unspecified atom stereocenters. The van der Waals surface area contributed by atoms with Crippen LogP contribution in [0.15, 0.2) is 48.5 Å². The first-order valence-corrected chi connectivity index (χ1v) is 7.93. The first-order valence-electron chi connectivity index (χ1n) is 7.93. The third-order valence-electron chi connectivity index (χ3n) is 3.78. The largest absolute Gasteiger partial charge is 0.349 e. The average Bonchev–Trinajstić information content (AvgIpc) is 2.54. The van der Waals surface area contributed by atoms with Crippen molar-refractivity contribution in [1.29, 1.82) is 0 Å². The van der Waals surface area contributed by atoms with Crippen molar-refractivity contribution in [2.45, 2.75) is 32.4 Å². The van der Waals surface area contributed by atoms with Crippen LogP contribution in [0.1, 0.15) is 43.5 Å². The van der Waals surface area contributed by atoms with Crippen LogP contribution in [-0.4, -0.2) is 11.8 Å². The van der Waals surface area contributed by atoms with Crippen LogP contribution in [0.4, 0.5) is 8.78 Å². The summed E-state index contributed by atoms with van der Waals surface area (Å²) in [7, 11) is 0. The predicted octanol–water partition coefficient (Wildman–Crippen LogP) is 3.41. The molecular weight excluding hydrogens is 326 g/mol. The van der Waals surface area contributed by atoms with Gasteiger partial charge in [0.15, 0.2) is 0 Å². The number of carbonyl (C=O) groups is 2. The number of nitrogens with one attached hydrogen (secondary N) is 2. The normalized spacial score (nSPS) is 13.0. The number of halogens is 2. The molecule has 2 N–H and O–H groups in total. The fourth-order valence-electron chi connectivity index (χ4n) is 2.60. The van der Waals surface area contributed by atoms with Crippen molar-refractivity contribution in [2.75, 3.05) is 0 Å². The minimum Gasteiger partial charge on any atom is -0.349 e. The molecule has 0 saturated heterocycles. The molecule has 0 bridgehead atoms. The Kier molecular flexibility index (Phi) is 6.22. The van der Waals surface area contributed by atoms with Crippen LogP contribution in [0.25, 0.3) is 0 Å². The van der Waals surface area contributed by atoms with Crippen molar-refractivity contribution >= 4 is 11.8 Å². The highest BCUT2D eigenvalue weighted by Crippen LogP contribution is 2.20. The molecule has 0 fully saturated rings. The topological polar surface area (TPSA) is 58.2 Å². The molecule has 0 radical (unpaired) electrons. The Morgan fingerprint density at radius 1 is 1.04 bits per heavy atom. The maximum Gasteiger partial charge on any atom is 0.222 e. The van der Waals surface area contributed by atoms with Gasteiger partial charge in [-0.1, -0.05) is 36.4 Å². The van der Waals surface area contributed by atoms with Gasteiger partial charge in [-0.05, 0) is 18.6 Å². The first-order chi connectivity index (χ1) is 11.9. The lowest BCUT2D eigenvalue weighted by Gasteiger charge is -2.20. The molecule has 0 aliphatic heterocycles. The molecule has 2 aromatic rings. The Morgan fingerprint density at radius 2 is 1.72 bits per heavy atom. The molecular formula is C19H20F2N2O2. The molecule has 0 aliphatic rings. The van der Waals surface area contributed by atoms with Crippen molar-refractivity contribution in [1.82, 2.24) is 10.6 Å². The van der Waals surface area contributed by atoms with Gasteiger partial charge < -0.3 is 10.6 Å². The van der Waals surface area contributed by atoms with Crippen LogP contribution >= 0.6 is 0 Å². The number of amides is 2. The molecule has 0 aromatic heterocycles. The summed E-state index contributed by atoms with van der Waals surface area (Å²) in [6, 6.07) is 11.2. The zero-order valence-corrected chi connectivity index (χ0v) is 14.1. The van der Waals surface area contributed by atoms with E-state index in [0.29, 0.717) is 0 Å². The zero-order valence-electron chi connectivity index (χ0n) is 14.1. The minimum absolute atomic E-state index is 0.0107. The molecule has 2 rings (SSSR count). The summed E-state index contributed by atoms with van der Waals surface area (Å²) in [5.74, 6) is -1.98. The summed E-state index contributed by atoms with van der Waals surface area (Å²) in [6.07, 6.45) is 0.0107. The molecule has 4 nitrogen and oxygen atoms in total. The molecule has 0 spiro atoms. The second-order valence-electron chi connectivity index (χ2n) is 5.82. The second kappa shape index (κ2) is 8.37. The highest BCUT2D eigenvalue weighted by Gasteiger charge is 2.19. The molecule has 0 heterocycles. The van der Waals surface area contributed by atoms with Gasteiger partial charge in [0.05, 0.1) is 18.5 Å². The van der Waals surface area contributed by atoms with Crippen LogP contribution in [0.3, 0.4) is 0 Å². The van der Waals surface area contributed by atoms with Crippen LogP contribution in [0, 0.1) is 11.6 Å². The number of carbonyl (C=O) groups excluding carboxylic acids is 2. The summed E-state index contributed by atoms with van der Waals surface area (Å²) in [5, 5.41) is 5.41. The summed E-state index contributed by atoms with van der Waals surface area (Å²) >= 11 is 0. The first kappa shape index (κ1) is 18.6. The number of hydrogen-bond donors (Lipinski definition) is 2. The van der Waals surface area contributed by atoms with Crippen LogP contribution in [-0.2, 0) is 9.59 Å². The fourth-order valence-corrected chi connectivity index (χ4v) is 2.60. The fraction of sp³-hybridized carbons (Fsp3) is 0.263. The standard InChI is InChI=1S/C19H20F2N2O2/c1-12(16-9-8-15(20)10-17(16)21)22-19(25)11-18(23-13(2)24)14-6-4-3-5-7-14/h3-10,12,18H,11H2,1-2H3,(H,22,25)(H,23,24). The van der Waals surface area contributed by atoms with E-state index in [1.807, 2.05) is 30.3 Å². The average molecular weight is 346 g/mol. The Bertz CT molecular complexity index is 750. The van der Waals surface area contributed by atoms with Gasteiger partial charge in [-0.2, -0.15) is 0 Å². The van der Waals surface area contributed by atoms with Gasteiger partial charge in [0.1, 0.15) is 11.6 Å². The van der Waals surface area contributed by atoms with Crippen molar-refractivity contribution in [3.05, 3.63) is 71.3 Å². The summed E-state index contributed by atoms with van der Waals surface area (Å²) in [6.45, 7) is 2.99. The summed E-state index contributed by atoms with van der Waals surface area (Å²) in [4.78, 5) is 23.7. The zero-order chi connectivity index (χ0) is 18.4. The van der Waals surface area contributed by atoms with Gasteiger partial charge in [-0.15, -0.1) is 0 Å². The number of rotatable bonds is 6. The Morgan fingerprint density at radius 3 is 2.32 bits per heavy atom. The van der Waals surface area contributed by atoms with Crippen molar-refractivity contribution in [3.63, 3.8) is 0 Å². The van der Waals surface area contributed by atoms with Gasteiger partial charge >= 0.3 is 0 Å². The molecule has 25 heavy (non-hydrogen) atoms. The summed E-state index contributed by atoms with van der Waals surface area (Å²) < 4.78 is 26.8. The molecule has 132 valence electrons. The monoisotopic (exact) mass is 346 g/mol. The Hall–Kier alpha value is -2.76. The number of benzene rings is 2. The van der Waals surface area contributed by atoms with Crippen LogP contribution < -0.4 is 10.6 Å². The van der Waals surface area contributed by atoms with Crippen molar-refractivity contribution in [3.8, 4) is 0 Å². The lowest BCUT2D eigenvalue weighted by Crippen LogP contribution is -2.34. The number of hydrogen-bond acceptors (Lipinski definition) is 2. The molecule has 2 amide bonds. The maximum absolute atomic E-state index is 13.8. The highest BCUT2D eigenvalue weighted by molar-refractivity contribution is 5.79. The Balaban J connectivity index is 2.06. The predicted molar refractivity (Wildman–Crippen MR) is 90.5 cm³/mol. The van der Waals surface area contributed by atoms with E-state index in [2.05, 4.69) is 10.6 Å². The van der Waals surface area contributed by atoms with E-state index in [4.69, 9.17) is 0 Å². The third kappa shape index (κ3) is 5.38. The highest BCUT2D eigenvalue weighted by atomic mass is 19.1. The lowest BCUT2D eigenvalue weighted by atomic mass is 10.0. The van der Waals surface area contributed by atoms with E-state index in [-0.39, 0.29) is 23.8 Å². The summed E-state index contributed by atoms with van der Waals surface area (Å²) in [5.41, 5.74) is 0.999. The minimum atomic E-state index is -0.714. The van der Waals surface area contributed by atoms with Crippen LogP contribution in [0.5, 0.6) is 0 Å². The third-order valence-corrected chi connectivity index (χ3v) is 3.78. The van der Waals surface area contributed by atoms with E-state index >= 15 is 0 Å². The van der Waals surface area contributed by atoms with E-state index in [0.717, 1.165) is 17.7 Å². The van der Waals surface area contributed by atoms with E-state index in [1.165, 1.54) is 13.0 Å². The van der Waals surface area contributed by atoms with Gasteiger partial charge in [-0.25, -0.2) is 8.78 Å². The SMILES string of the molecule is CC(=O)NC(CC(=O)NC(C)c1ccc(F)cc1F)c1ccccc1. The van der Waals surface area contributed by atoms with E-state index < -0.39 is 23.7 Å². The van der Waals surface area contributed by atoms with Crippen molar-refractivity contribution in [2.24, 2.45) is 0 Å². The lowest BCUT2D eigenvalue weighted by molar-refractivity contribution is -0.123. The molecule has 0 saturated carbocycles. The Labute approximate surface area is 145 Å². The van der Waals surface area contributed by atoms with E-state index in [9.17, 15) is 18.4 Å². The van der Waals surface area contributed by atoms with Crippen molar-refractivity contribution < 1.29 is 18.4 Å². The smallest absolute Gasteiger partial charge is 0.222 e. The molecule has 6 heteroatoms. The molecule has 2 aromatic carbocycles. The molecule has 2 atom stereocenters. The maximum atomic E-state index is 13.8. The van der Waals surface area contributed by atoms with Gasteiger partial charge in [0, 0.05) is 18.6 Å². The molecule has 0 aliphatic carbocycles.